The number of anilines is 1. The lowest BCUT2D eigenvalue weighted by Gasteiger charge is -2.15. The van der Waals surface area contributed by atoms with E-state index < -0.39 is 53.2 Å². The SMILES string of the molecule is Oc1c(F)ccc(-c2nc(-c3ccc(F)c(NCc4ccc(F)cc4C(F)(F)F)c3)no2)c1F. The van der Waals surface area contributed by atoms with Gasteiger partial charge in [-0.1, -0.05) is 11.2 Å². The molecule has 0 aliphatic rings. The average Bonchev–Trinajstić information content (AvgIpc) is 3.27. The molecule has 4 rings (SSSR count). The lowest BCUT2D eigenvalue weighted by atomic mass is 10.1. The minimum atomic E-state index is -4.81. The number of rotatable bonds is 5. The number of halogens is 7. The predicted octanol–water partition coefficient (Wildman–Crippen LogP) is 6.30. The molecular weight excluding hydrogens is 471 g/mol. The molecule has 0 amide bonds. The molecule has 0 fully saturated rings. The lowest BCUT2D eigenvalue weighted by Crippen LogP contribution is -2.12. The van der Waals surface area contributed by atoms with Crippen molar-refractivity contribution in [2.75, 3.05) is 5.32 Å². The number of aromatic hydroxyl groups is 1. The first-order chi connectivity index (χ1) is 16.0. The van der Waals surface area contributed by atoms with Gasteiger partial charge < -0.3 is 14.9 Å². The van der Waals surface area contributed by atoms with Gasteiger partial charge in [0.1, 0.15) is 11.6 Å². The molecule has 0 aliphatic heterocycles. The summed E-state index contributed by atoms with van der Waals surface area (Å²) >= 11 is 0. The number of phenolic OH excluding ortho intramolecular Hbond substituents is 1. The van der Waals surface area contributed by atoms with Crippen LogP contribution in [-0.4, -0.2) is 15.2 Å². The van der Waals surface area contributed by atoms with Crippen LogP contribution in [0, 0.1) is 23.3 Å². The van der Waals surface area contributed by atoms with Crippen LogP contribution < -0.4 is 5.32 Å². The molecule has 1 heterocycles. The number of aromatic nitrogens is 2. The van der Waals surface area contributed by atoms with Crippen molar-refractivity contribution in [3.63, 3.8) is 0 Å². The van der Waals surface area contributed by atoms with Crippen LogP contribution in [-0.2, 0) is 12.7 Å². The predicted molar refractivity (Wildman–Crippen MR) is 105 cm³/mol. The van der Waals surface area contributed by atoms with Gasteiger partial charge in [-0.05, 0) is 48.0 Å². The summed E-state index contributed by atoms with van der Waals surface area (Å²) in [5.41, 5.74) is -1.96. The van der Waals surface area contributed by atoms with E-state index in [1.54, 1.807) is 0 Å². The van der Waals surface area contributed by atoms with Crippen LogP contribution in [0.4, 0.5) is 36.4 Å². The fourth-order valence-electron chi connectivity index (χ4n) is 3.11. The number of hydrogen-bond acceptors (Lipinski definition) is 5. The molecule has 0 atom stereocenters. The van der Waals surface area contributed by atoms with E-state index in [4.69, 9.17) is 4.52 Å². The van der Waals surface area contributed by atoms with Crippen molar-refractivity contribution in [1.82, 2.24) is 10.1 Å². The van der Waals surface area contributed by atoms with Gasteiger partial charge in [-0.3, -0.25) is 0 Å². The van der Waals surface area contributed by atoms with E-state index in [0.29, 0.717) is 6.07 Å². The first kappa shape index (κ1) is 23.1. The summed E-state index contributed by atoms with van der Waals surface area (Å²) in [6.07, 6.45) is -4.81. The maximum Gasteiger partial charge on any atom is 0.416 e. The number of alkyl halides is 3. The van der Waals surface area contributed by atoms with E-state index in [1.807, 2.05) is 0 Å². The summed E-state index contributed by atoms with van der Waals surface area (Å²) in [5, 5.41) is 15.5. The van der Waals surface area contributed by atoms with Gasteiger partial charge in [0.15, 0.2) is 17.4 Å². The van der Waals surface area contributed by atoms with Crippen molar-refractivity contribution in [2.24, 2.45) is 0 Å². The zero-order valence-corrected chi connectivity index (χ0v) is 16.7. The van der Waals surface area contributed by atoms with Gasteiger partial charge in [-0.2, -0.15) is 18.2 Å². The van der Waals surface area contributed by atoms with Gasteiger partial charge in [0.25, 0.3) is 5.89 Å². The zero-order valence-electron chi connectivity index (χ0n) is 16.7. The largest absolute Gasteiger partial charge is 0.503 e. The van der Waals surface area contributed by atoms with Crippen LogP contribution in [0.1, 0.15) is 11.1 Å². The highest BCUT2D eigenvalue weighted by Gasteiger charge is 2.33. The highest BCUT2D eigenvalue weighted by atomic mass is 19.4. The highest BCUT2D eigenvalue weighted by molar-refractivity contribution is 5.65. The van der Waals surface area contributed by atoms with E-state index in [9.17, 15) is 35.8 Å². The highest BCUT2D eigenvalue weighted by Crippen LogP contribution is 2.34. The van der Waals surface area contributed by atoms with E-state index in [0.717, 1.165) is 30.3 Å². The van der Waals surface area contributed by atoms with Gasteiger partial charge in [0.05, 0.1) is 16.8 Å². The van der Waals surface area contributed by atoms with Gasteiger partial charge in [0, 0.05) is 12.1 Å². The molecule has 0 radical (unpaired) electrons. The minimum Gasteiger partial charge on any atom is -0.503 e. The lowest BCUT2D eigenvalue weighted by molar-refractivity contribution is -0.138. The fourth-order valence-corrected chi connectivity index (χ4v) is 3.11. The number of nitrogens with one attached hydrogen (secondary N) is 1. The van der Waals surface area contributed by atoms with Crippen molar-refractivity contribution < 1.29 is 40.4 Å². The van der Waals surface area contributed by atoms with E-state index in [2.05, 4.69) is 15.5 Å². The number of nitrogens with zero attached hydrogens (tertiary/aromatic N) is 2. The number of hydrogen-bond donors (Lipinski definition) is 2. The summed E-state index contributed by atoms with van der Waals surface area (Å²) in [6.45, 7) is -0.479. The van der Waals surface area contributed by atoms with E-state index in [1.165, 1.54) is 12.1 Å². The summed E-state index contributed by atoms with van der Waals surface area (Å²) in [6, 6.07) is 7.32. The van der Waals surface area contributed by atoms with Gasteiger partial charge >= 0.3 is 6.18 Å². The maximum atomic E-state index is 14.3. The molecule has 0 spiro atoms. The molecule has 5 nitrogen and oxygen atoms in total. The smallest absolute Gasteiger partial charge is 0.416 e. The maximum absolute atomic E-state index is 14.3. The van der Waals surface area contributed by atoms with Gasteiger partial charge in [-0.25, -0.2) is 17.6 Å². The van der Waals surface area contributed by atoms with Crippen molar-refractivity contribution in [2.45, 2.75) is 12.7 Å². The van der Waals surface area contributed by atoms with Crippen LogP contribution >= 0.6 is 0 Å². The van der Waals surface area contributed by atoms with Crippen LogP contribution in [0.25, 0.3) is 22.8 Å². The molecule has 0 unspecified atom stereocenters. The molecule has 0 aliphatic carbocycles. The van der Waals surface area contributed by atoms with Crippen molar-refractivity contribution in [1.29, 1.82) is 0 Å². The Bertz CT molecular complexity index is 1370. The summed E-state index contributed by atoms with van der Waals surface area (Å²) < 4.78 is 99.4. The molecule has 176 valence electrons. The fraction of sp³-hybridized carbons (Fsp3) is 0.0909. The van der Waals surface area contributed by atoms with Crippen LogP contribution in [0.2, 0.25) is 0 Å². The summed E-state index contributed by atoms with van der Waals surface area (Å²) in [5.74, 6) is -6.16. The third kappa shape index (κ3) is 4.51. The molecule has 1 aromatic heterocycles. The van der Waals surface area contributed by atoms with Crippen molar-refractivity contribution >= 4 is 5.69 Å². The molecule has 0 bridgehead atoms. The molecule has 12 heteroatoms. The van der Waals surface area contributed by atoms with Crippen molar-refractivity contribution in [3.05, 3.63) is 82.9 Å². The van der Waals surface area contributed by atoms with Crippen LogP contribution in [0.3, 0.4) is 0 Å². The first-order valence-electron chi connectivity index (χ1n) is 9.45. The van der Waals surface area contributed by atoms with E-state index >= 15 is 0 Å². The Morgan fingerprint density at radius 3 is 2.38 bits per heavy atom. The Hall–Kier alpha value is -4.09. The topological polar surface area (TPSA) is 71.2 Å². The summed E-state index contributed by atoms with van der Waals surface area (Å²) in [7, 11) is 0. The summed E-state index contributed by atoms with van der Waals surface area (Å²) in [4.78, 5) is 3.94. The molecule has 34 heavy (non-hydrogen) atoms. The van der Waals surface area contributed by atoms with Crippen LogP contribution in [0.5, 0.6) is 5.75 Å². The van der Waals surface area contributed by atoms with Gasteiger partial charge in [-0.15, -0.1) is 0 Å². The van der Waals surface area contributed by atoms with Crippen LogP contribution in [0.15, 0.2) is 53.1 Å². The molecular formula is C22H12F7N3O2. The van der Waals surface area contributed by atoms with Gasteiger partial charge in [0.2, 0.25) is 5.82 Å². The second-order valence-corrected chi connectivity index (χ2v) is 7.03. The molecule has 0 saturated heterocycles. The quantitative estimate of drug-likeness (QED) is 0.326. The minimum absolute atomic E-state index is 0.140. The Kier molecular flexibility index (Phi) is 5.90. The normalized spacial score (nSPS) is 11.6. The molecule has 4 aromatic rings. The third-order valence-electron chi connectivity index (χ3n) is 4.79. The standard InChI is InChI=1S/C22H12F7N3O2/c23-12-3-1-11(14(8-12)22(27,28)29)9-30-17-7-10(2-5-15(17)24)20-31-21(34-32-20)13-4-6-16(25)19(33)18(13)26/h1-8,30,33H,9H2. The Morgan fingerprint density at radius 1 is 0.912 bits per heavy atom. The van der Waals surface area contributed by atoms with E-state index in [-0.39, 0.29) is 28.2 Å². The molecule has 0 saturated carbocycles. The second kappa shape index (κ2) is 8.69. The third-order valence-corrected chi connectivity index (χ3v) is 4.79. The Morgan fingerprint density at radius 2 is 1.65 bits per heavy atom. The average molecular weight is 483 g/mol. The Labute approximate surface area is 186 Å². The zero-order chi connectivity index (χ0) is 24.6. The molecule has 3 aromatic carbocycles. The second-order valence-electron chi connectivity index (χ2n) is 7.03. The molecule has 2 N–H and O–H groups in total. The Balaban J connectivity index is 1.61. The first-order valence-corrected chi connectivity index (χ1v) is 9.45. The number of benzene rings is 3. The monoisotopic (exact) mass is 483 g/mol. The number of phenols is 1. The van der Waals surface area contributed by atoms with Crippen molar-refractivity contribution in [3.8, 4) is 28.6 Å².